The molecule has 0 saturated carbocycles. The molecule has 0 aromatic carbocycles. The van der Waals surface area contributed by atoms with Crippen LogP contribution >= 0.6 is 0 Å². The molecular formula is C9H14O2. The van der Waals surface area contributed by atoms with E-state index in [9.17, 15) is 4.79 Å². The monoisotopic (exact) mass is 154 g/mol. The van der Waals surface area contributed by atoms with Gasteiger partial charge in [-0.2, -0.15) is 0 Å². The lowest BCUT2D eigenvalue weighted by atomic mass is 9.89. The molecule has 1 aliphatic heterocycles. The fraction of sp³-hybridized carbons (Fsp3) is 0.667. The van der Waals surface area contributed by atoms with E-state index in [1.165, 1.54) is 0 Å². The number of carbonyl (C=O) groups is 1. The van der Waals surface area contributed by atoms with E-state index in [0.29, 0.717) is 12.5 Å². The molecule has 1 rings (SSSR count). The van der Waals surface area contributed by atoms with Crippen LogP contribution in [0.15, 0.2) is 12.7 Å². The van der Waals surface area contributed by atoms with Crippen LogP contribution in [0.1, 0.15) is 19.8 Å². The van der Waals surface area contributed by atoms with Crippen LogP contribution in [0.4, 0.5) is 0 Å². The summed E-state index contributed by atoms with van der Waals surface area (Å²) in [5.41, 5.74) is 0. The van der Waals surface area contributed by atoms with E-state index in [4.69, 9.17) is 4.74 Å². The summed E-state index contributed by atoms with van der Waals surface area (Å²) in [6.45, 7) is 6.36. The number of hydrogen-bond acceptors (Lipinski definition) is 2. The fourth-order valence-electron chi connectivity index (χ4n) is 1.52. The summed E-state index contributed by atoms with van der Waals surface area (Å²) in [6.07, 6.45) is 3.70. The maximum atomic E-state index is 11.1. The molecule has 1 heterocycles. The van der Waals surface area contributed by atoms with E-state index in [1.54, 1.807) is 0 Å². The highest BCUT2D eigenvalue weighted by molar-refractivity contribution is 5.74. The molecule has 2 heteroatoms. The fourth-order valence-corrected chi connectivity index (χ4v) is 1.52. The molecule has 0 amide bonds. The largest absolute Gasteiger partial charge is 0.465 e. The van der Waals surface area contributed by atoms with Gasteiger partial charge >= 0.3 is 5.97 Å². The summed E-state index contributed by atoms with van der Waals surface area (Å²) in [7, 11) is 0. The lowest BCUT2D eigenvalue weighted by Crippen LogP contribution is -2.16. The first kappa shape index (κ1) is 8.31. The van der Waals surface area contributed by atoms with E-state index in [1.807, 2.05) is 6.08 Å². The van der Waals surface area contributed by atoms with Crippen molar-refractivity contribution in [1.29, 1.82) is 0 Å². The standard InChI is InChI=1S/C9H14O2/c1-3-7(4-2)8-5-6-11-9(8)10/h3,7-8H,1,4-6H2,2H3. The van der Waals surface area contributed by atoms with Crippen LogP contribution in [0.25, 0.3) is 0 Å². The molecular weight excluding hydrogens is 140 g/mol. The van der Waals surface area contributed by atoms with Gasteiger partial charge in [-0.1, -0.05) is 13.0 Å². The van der Waals surface area contributed by atoms with Crippen LogP contribution in [0.5, 0.6) is 0 Å². The Balaban J connectivity index is 2.56. The SMILES string of the molecule is C=CC(CC)C1CCOC1=O. The van der Waals surface area contributed by atoms with Gasteiger partial charge in [-0.05, 0) is 18.8 Å². The molecule has 0 N–H and O–H groups in total. The van der Waals surface area contributed by atoms with Crippen molar-refractivity contribution < 1.29 is 9.53 Å². The predicted molar refractivity (Wildman–Crippen MR) is 43.0 cm³/mol. The topological polar surface area (TPSA) is 26.3 Å². The van der Waals surface area contributed by atoms with Crippen molar-refractivity contribution >= 4 is 5.97 Å². The van der Waals surface area contributed by atoms with Gasteiger partial charge in [0.2, 0.25) is 0 Å². The van der Waals surface area contributed by atoms with Crippen molar-refractivity contribution in [1.82, 2.24) is 0 Å². The molecule has 62 valence electrons. The highest BCUT2D eigenvalue weighted by atomic mass is 16.5. The Hall–Kier alpha value is -0.790. The number of cyclic esters (lactones) is 1. The van der Waals surface area contributed by atoms with Gasteiger partial charge in [-0.15, -0.1) is 6.58 Å². The van der Waals surface area contributed by atoms with E-state index in [2.05, 4.69) is 13.5 Å². The third-order valence-electron chi connectivity index (χ3n) is 2.27. The number of carbonyl (C=O) groups excluding carboxylic acids is 1. The van der Waals surface area contributed by atoms with Gasteiger partial charge in [0.15, 0.2) is 0 Å². The number of rotatable bonds is 3. The predicted octanol–water partition coefficient (Wildman–Crippen LogP) is 1.76. The smallest absolute Gasteiger partial charge is 0.309 e. The minimum absolute atomic E-state index is 0.0447. The van der Waals surface area contributed by atoms with Crippen LogP contribution in [-0.4, -0.2) is 12.6 Å². The van der Waals surface area contributed by atoms with E-state index < -0.39 is 0 Å². The Kier molecular flexibility index (Phi) is 2.69. The molecule has 0 aliphatic carbocycles. The van der Waals surface area contributed by atoms with Crippen molar-refractivity contribution in [2.45, 2.75) is 19.8 Å². The summed E-state index contributed by atoms with van der Waals surface area (Å²) in [5, 5.41) is 0. The molecule has 11 heavy (non-hydrogen) atoms. The maximum absolute atomic E-state index is 11.1. The molecule has 0 spiro atoms. The number of hydrogen-bond donors (Lipinski definition) is 0. The summed E-state index contributed by atoms with van der Waals surface area (Å²) in [6, 6.07) is 0. The summed E-state index contributed by atoms with van der Waals surface area (Å²) in [4.78, 5) is 11.1. The number of allylic oxidation sites excluding steroid dienone is 1. The quantitative estimate of drug-likeness (QED) is 0.457. The zero-order valence-electron chi connectivity index (χ0n) is 6.88. The molecule has 0 aromatic rings. The number of ether oxygens (including phenoxy) is 1. The van der Waals surface area contributed by atoms with Gasteiger partial charge < -0.3 is 4.74 Å². The highest BCUT2D eigenvalue weighted by Gasteiger charge is 2.31. The van der Waals surface area contributed by atoms with Crippen molar-refractivity contribution in [3.05, 3.63) is 12.7 Å². The second kappa shape index (κ2) is 3.56. The van der Waals surface area contributed by atoms with Gasteiger partial charge in [0.1, 0.15) is 0 Å². The third kappa shape index (κ3) is 1.62. The van der Waals surface area contributed by atoms with Crippen molar-refractivity contribution in [2.24, 2.45) is 11.8 Å². The Labute approximate surface area is 67.2 Å². The molecule has 2 nitrogen and oxygen atoms in total. The molecule has 2 unspecified atom stereocenters. The van der Waals surface area contributed by atoms with Gasteiger partial charge in [0.25, 0.3) is 0 Å². The summed E-state index contributed by atoms with van der Waals surface area (Å²) in [5.74, 6) is 0.347. The summed E-state index contributed by atoms with van der Waals surface area (Å²) < 4.78 is 4.86. The average Bonchev–Trinajstić information content (AvgIpc) is 2.40. The molecule has 1 saturated heterocycles. The molecule has 0 aromatic heterocycles. The Morgan fingerprint density at radius 2 is 2.64 bits per heavy atom. The first-order valence-electron chi connectivity index (χ1n) is 4.08. The second-order valence-corrected chi connectivity index (χ2v) is 2.87. The minimum atomic E-state index is -0.0447. The van der Waals surface area contributed by atoms with Crippen LogP contribution in [0.2, 0.25) is 0 Å². The molecule has 1 fully saturated rings. The molecule has 1 aliphatic rings. The van der Waals surface area contributed by atoms with Gasteiger partial charge in [-0.25, -0.2) is 0 Å². The Morgan fingerprint density at radius 3 is 3.00 bits per heavy atom. The van der Waals surface area contributed by atoms with E-state index in [-0.39, 0.29) is 11.9 Å². The van der Waals surface area contributed by atoms with Crippen LogP contribution in [0.3, 0.4) is 0 Å². The van der Waals surface area contributed by atoms with Crippen LogP contribution < -0.4 is 0 Å². The zero-order valence-corrected chi connectivity index (χ0v) is 6.88. The van der Waals surface area contributed by atoms with Gasteiger partial charge in [-0.3, -0.25) is 4.79 Å². The van der Waals surface area contributed by atoms with Crippen molar-refractivity contribution in [2.75, 3.05) is 6.61 Å². The number of esters is 1. The van der Waals surface area contributed by atoms with Crippen LogP contribution in [-0.2, 0) is 9.53 Å². The average molecular weight is 154 g/mol. The summed E-state index contributed by atoms with van der Waals surface area (Å²) >= 11 is 0. The highest BCUT2D eigenvalue weighted by Crippen LogP contribution is 2.26. The molecule has 0 radical (unpaired) electrons. The lowest BCUT2D eigenvalue weighted by molar-refractivity contribution is -0.142. The van der Waals surface area contributed by atoms with Crippen LogP contribution in [0, 0.1) is 11.8 Å². The third-order valence-corrected chi connectivity index (χ3v) is 2.27. The Morgan fingerprint density at radius 1 is 1.91 bits per heavy atom. The lowest BCUT2D eigenvalue weighted by Gasteiger charge is -2.13. The maximum Gasteiger partial charge on any atom is 0.309 e. The van der Waals surface area contributed by atoms with Crippen molar-refractivity contribution in [3.8, 4) is 0 Å². The van der Waals surface area contributed by atoms with Crippen molar-refractivity contribution in [3.63, 3.8) is 0 Å². The minimum Gasteiger partial charge on any atom is -0.465 e. The first-order valence-corrected chi connectivity index (χ1v) is 4.08. The normalized spacial score (nSPS) is 26.3. The second-order valence-electron chi connectivity index (χ2n) is 2.87. The molecule has 0 bridgehead atoms. The Bertz CT molecular complexity index is 163. The zero-order chi connectivity index (χ0) is 8.27. The van der Waals surface area contributed by atoms with Gasteiger partial charge in [0.05, 0.1) is 12.5 Å². The van der Waals surface area contributed by atoms with E-state index in [0.717, 1.165) is 12.8 Å². The molecule has 2 atom stereocenters. The first-order chi connectivity index (χ1) is 5.29. The van der Waals surface area contributed by atoms with E-state index >= 15 is 0 Å². The van der Waals surface area contributed by atoms with Gasteiger partial charge in [0, 0.05) is 0 Å².